The van der Waals surface area contributed by atoms with Crippen molar-refractivity contribution in [2.24, 2.45) is 0 Å². The lowest BCUT2D eigenvalue weighted by atomic mass is 10.1. The van der Waals surface area contributed by atoms with Crippen molar-refractivity contribution in [3.63, 3.8) is 0 Å². The molecule has 0 atom stereocenters. The number of aromatic nitrogens is 2. The van der Waals surface area contributed by atoms with Gasteiger partial charge in [0.05, 0.1) is 19.8 Å². The van der Waals surface area contributed by atoms with Crippen molar-refractivity contribution in [2.75, 3.05) is 27.3 Å². The highest BCUT2D eigenvalue weighted by atomic mass is 16.5. The van der Waals surface area contributed by atoms with Crippen LogP contribution in [-0.2, 0) is 6.42 Å². The number of nitrogens with zero attached hydrogens (tertiary/aromatic N) is 2. The maximum atomic E-state index is 6.23. The summed E-state index contributed by atoms with van der Waals surface area (Å²) in [6.45, 7) is 1.95. The van der Waals surface area contributed by atoms with Gasteiger partial charge in [-0.25, -0.2) is 0 Å². The maximum Gasteiger partial charge on any atom is 0.261 e. The van der Waals surface area contributed by atoms with Gasteiger partial charge in [0.2, 0.25) is 0 Å². The van der Waals surface area contributed by atoms with Crippen LogP contribution in [0.15, 0.2) is 47.0 Å². The molecule has 0 bridgehead atoms. The zero-order valence-electron chi connectivity index (χ0n) is 16.7. The highest BCUT2D eigenvalue weighted by Crippen LogP contribution is 2.31. The lowest BCUT2D eigenvalue weighted by Gasteiger charge is -2.24. The molecule has 2 aromatic carbocycles. The van der Waals surface area contributed by atoms with Crippen molar-refractivity contribution in [3.8, 4) is 28.7 Å². The van der Waals surface area contributed by atoms with Crippen LogP contribution < -0.4 is 19.5 Å². The fourth-order valence-corrected chi connectivity index (χ4v) is 3.45. The zero-order chi connectivity index (χ0) is 20.1. The van der Waals surface area contributed by atoms with E-state index in [-0.39, 0.29) is 6.10 Å². The van der Waals surface area contributed by atoms with Gasteiger partial charge in [-0.3, -0.25) is 0 Å². The second kappa shape index (κ2) is 8.96. The Morgan fingerprint density at radius 2 is 1.79 bits per heavy atom. The number of methoxy groups -OCH3 is 2. The summed E-state index contributed by atoms with van der Waals surface area (Å²) in [5.41, 5.74) is 1.83. The van der Waals surface area contributed by atoms with Gasteiger partial charge in [0.25, 0.3) is 5.89 Å². The molecule has 1 fully saturated rings. The van der Waals surface area contributed by atoms with E-state index in [1.165, 1.54) is 0 Å². The number of rotatable bonds is 7. The van der Waals surface area contributed by atoms with Crippen LogP contribution in [0.2, 0.25) is 0 Å². The molecule has 1 aromatic heterocycles. The standard InChI is InChI=1S/C22H25N3O4/c1-26-19-8-7-15(13-20(19)27-2)14-21-24-22(29-25-21)17-5-3-4-6-18(17)28-16-9-11-23-12-10-16/h3-8,13,16,23H,9-12,14H2,1-2H3. The topological polar surface area (TPSA) is 78.6 Å². The molecular formula is C22H25N3O4. The molecule has 1 aliphatic rings. The van der Waals surface area contributed by atoms with Crippen LogP contribution >= 0.6 is 0 Å². The largest absolute Gasteiger partial charge is 0.493 e. The second-order valence-corrected chi connectivity index (χ2v) is 6.95. The van der Waals surface area contributed by atoms with Crippen LogP contribution in [0.5, 0.6) is 17.2 Å². The Labute approximate surface area is 170 Å². The fraction of sp³-hybridized carbons (Fsp3) is 0.364. The second-order valence-electron chi connectivity index (χ2n) is 6.95. The molecule has 3 aromatic rings. The minimum absolute atomic E-state index is 0.201. The average Bonchev–Trinajstić information content (AvgIpc) is 3.23. The predicted octanol–water partition coefficient (Wildman–Crippen LogP) is 3.48. The number of para-hydroxylation sites is 1. The van der Waals surface area contributed by atoms with Gasteiger partial charge >= 0.3 is 0 Å². The lowest BCUT2D eigenvalue weighted by molar-refractivity contribution is 0.163. The highest BCUT2D eigenvalue weighted by molar-refractivity contribution is 5.62. The number of hydrogen-bond donors (Lipinski definition) is 1. The van der Waals surface area contributed by atoms with E-state index in [9.17, 15) is 0 Å². The number of piperidine rings is 1. The third kappa shape index (κ3) is 4.51. The van der Waals surface area contributed by atoms with E-state index in [0.717, 1.165) is 42.8 Å². The molecule has 4 rings (SSSR count). The van der Waals surface area contributed by atoms with Crippen LogP contribution in [0, 0.1) is 0 Å². The summed E-state index contributed by atoms with van der Waals surface area (Å²) in [5, 5.41) is 7.50. The molecule has 152 valence electrons. The Morgan fingerprint density at radius 3 is 2.59 bits per heavy atom. The van der Waals surface area contributed by atoms with Gasteiger partial charge < -0.3 is 24.1 Å². The summed E-state index contributed by atoms with van der Waals surface area (Å²) in [5.74, 6) is 3.21. The third-order valence-electron chi connectivity index (χ3n) is 4.98. The highest BCUT2D eigenvalue weighted by Gasteiger charge is 2.19. The smallest absolute Gasteiger partial charge is 0.261 e. The lowest BCUT2D eigenvalue weighted by Crippen LogP contribution is -2.34. The average molecular weight is 395 g/mol. The Bertz CT molecular complexity index is 951. The molecule has 0 aliphatic carbocycles. The third-order valence-corrected chi connectivity index (χ3v) is 4.98. The van der Waals surface area contributed by atoms with Crippen molar-refractivity contribution in [3.05, 3.63) is 53.9 Å². The molecule has 2 heterocycles. The molecular weight excluding hydrogens is 370 g/mol. The first-order chi connectivity index (χ1) is 14.3. The normalized spacial score (nSPS) is 14.6. The summed E-state index contributed by atoms with van der Waals surface area (Å²) >= 11 is 0. The molecule has 1 aliphatic heterocycles. The Morgan fingerprint density at radius 1 is 1.00 bits per heavy atom. The van der Waals surface area contributed by atoms with Gasteiger partial charge in [0.1, 0.15) is 11.9 Å². The van der Waals surface area contributed by atoms with Crippen molar-refractivity contribution in [2.45, 2.75) is 25.4 Å². The molecule has 1 saturated heterocycles. The molecule has 7 nitrogen and oxygen atoms in total. The van der Waals surface area contributed by atoms with Crippen LogP contribution in [0.1, 0.15) is 24.2 Å². The molecule has 0 radical (unpaired) electrons. The van der Waals surface area contributed by atoms with Crippen LogP contribution in [0.25, 0.3) is 11.5 Å². The van der Waals surface area contributed by atoms with Gasteiger partial charge in [0, 0.05) is 6.42 Å². The van der Waals surface area contributed by atoms with E-state index in [1.54, 1.807) is 14.2 Å². The molecule has 0 amide bonds. The Balaban J connectivity index is 1.52. The minimum atomic E-state index is 0.201. The van der Waals surface area contributed by atoms with Crippen molar-refractivity contribution in [1.82, 2.24) is 15.5 Å². The summed E-state index contributed by atoms with van der Waals surface area (Å²) in [7, 11) is 3.24. The summed E-state index contributed by atoms with van der Waals surface area (Å²) in [6.07, 6.45) is 2.71. The van der Waals surface area contributed by atoms with Gasteiger partial charge in [-0.1, -0.05) is 23.4 Å². The molecule has 29 heavy (non-hydrogen) atoms. The van der Waals surface area contributed by atoms with E-state index in [1.807, 2.05) is 42.5 Å². The first-order valence-corrected chi connectivity index (χ1v) is 9.77. The van der Waals surface area contributed by atoms with Gasteiger partial charge in [-0.2, -0.15) is 4.98 Å². The number of ether oxygens (including phenoxy) is 3. The zero-order valence-corrected chi connectivity index (χ0v) is 16.7. The van der Waals surface area contributed by atoms with Crippen molar-refractivity contribution in [1.29, 1.82) is 0 Å². The minimum Gasteiger partial charge on any atom is -0.493 e. The SMILES string of the molecule is COc1ccc(Cc2noc(-c3ccccc3OC3CCNCC3)n2)cc1OC. The van der Waals surface area contributed by atoms with E-state index in [0.29, 0.717) is 29.6 Å². The van der Waals surface area contributed by atoms with Crippen molar-refractivity contribution >= 4 is 0 Å². The molecule has 1 N–H and O–H groups in total. The van der Waals surface area contributed by atoms with Crippen LogP contribution in [0.3, 0.4) is 0 Å². The number of benzene rings is 2. The predicted molar refractivity (Wildman–Crippen MR) is 109 cm³/mol. The number of nitrogens with one attached hydrogen (secondary N) is 1. The molecule has 7 heteroatoms. The monoisotopic (exact) mass is 395 g/mol. The van der Waals surface area contributed by atoms with Crippen LogP contribution in [0.4, 0.5) is 0 Å². The van der Waals surface area contributed by atoms with Crippen molar-refractivity contribution < 1.29 is 18.7 Å². The Hall–Kier alpha value is -3.06. The Kier molecular flexibility index (Phi) is 5.95. The van der Waals surface area contributed by atoms with E-state index < -0.39 is 0 Å². The van der Waals surface area contributed by atoms with E-state index in [2.05, 4.69) is 15.5 Å². The van der Waals surface area contributed by atoms with Gasteiger partial charge in [-0.05, 0) is 55.8 Å². The number of hydrogen-bond acceptors (Lipinski definition) is 7. The summed E-state index contributed by atoms with van der Waals surface area (Å²) < 4.78 is 22.4. The fourth-order valence-electron chi connectivity index (χ4n) is 3.45. The molecule has 0 unspecified atom stereocenters. The summed E-state index contributed by atoms with van der Waals surface area (Å²) in [6, 6.07) is 13.6. The first-order valence-electron chi connectivity index (χ1n) is 9.77. The van der Waals surface area contributed by atoms with E-state index in [4.69, 9.17) is 18.7 Å². The van der Waals surface area contributed by atoms with Gasteiger partial charge in [0.15, 0.2) is 17.3 Å². The van der Waals surface area contributed by atoms with Gasteiger partial charge in [-0.15, -0.1) is 0 Å². The summed E-state index contributed by atoms with van der Waals surface area (Å²) in [4.78, 5) is 4.59. The molecule has 0 saturated carbocycles. The molecule has 0 spiro atoms. The van der Waals surface area contributed by atoms with Crippen LogP contribution in [-0.4, -0.2) is 43.6 Å². The quantitative estimate of drug-likeness (QED) is 0.656. The maximum absolute atomic E-state index is 6.23. The first kappa shape index (κ1) is 19.3. The van der Waals surface area contributed by atoms with E-state index >= 15 is 0 Å².